The van der Waals surface area contributed by atoms with Crippen LogP contribution < -0.4 is 24.8 Å². The average molecular weight is 376 g/mol. The SMILES string of the molecule is COc1ccc(Cn2nccc2NC(=O)N[C@H]2CCOC2)c(OC)c1OC. The number of nitrogens with zero attached hydrogens (tertiary/aromatic N) is 2. The summed E-state index contributed by atoms with van der Waals surface area (Å²) >= 11 is 0. The maximum Gasteiger partial charge on any atom is 0.320 e. The van der Waals surface area contributed by atoms with E-state index in [2.05, 4.69) is 15.7 Å². The van der Waals surface area contributed by atoms with Crippen LogP contribution in [-0.4, -0.2) is 56.4 Å². The number of urea groups is 1. The minimum atomic E-state index is -0.286. The fraction of sp³-hybridized carbons (Fsp3) is 0.444. The molecule has 1 atom stereocenters. The molecule has 27 heavy (non-hydrogen) atoms. The van der Waals surface area contributed by atoms with Crippen molar-refractivity contribution in [2.75, 3.05) is 39.9 Å². The first kappa shape index (κ1) is 18.8. The normalized spacial score (nSPS) is 16.0. The van der Waals surface area contributed by atoms with Gasteiger partial charge >= 0.3 is 6.03 Å². The van der Waals surface area contributed by atoms with E-state index in [1.54, 1.807) is 44.3 Å². The van der Waals surface area contributed by atoms with Gasteiger partial charge in [-0.1, -0.05) is 0 Å². The van der Waals surface area contributed by atoms with Crippen LogP contribution in [0.1, 0.15) is 12.0 Å². The van der Waals surface area contributed by atoms with Crippen LogP contribution in [-0.2, 0) is 11.3 Å². The molecule has 0 bridgehead atoms. The lowest BCUT2D eigenvalue weighted by molar-refractivity contribution is 0.189. The van der Waals surface area contributed by atoms with Crippen molar-refractivity contribution in [3.63, 3.8) is 0 Å². The number of nitrogens with one attached hydrogen (secondary N) is 2. The topological polar surface area (TPSA) is 95.9 Å². The fourth-order valence-electron chi connectivity index (χ4n) is 3.00. The van der Waals surface area contributed by atoms with Gasteiger partial charge in [0, 0.05) is 18.2 Å². The summed E-state index contributed by atoms with van der Waals surface area (Å²) in [4.78, 5) is 12.2. The van der Waals surface area contributed by atoms with E-state index in [9.17, 15) is 4.79 Å². The number of aromatic nitrogens is 2. The lowest BCUT2D eigenvalue weighted by atomic mass is 10.1. The Hall–Kier alpha value is -2.94. The average Bonchev–Trinajstić information content (AvgIpc) is 3.33. The molecule has 1 saturated heterocycles. The van der Waals surface area contributed by atoms with Crippen LogP contribution in [0.25, 0.3) is 0 Å². The lowest BCUT2D eigenvalue weighted by Crippen LogP contribution is -2.38. The molecular formula is C18H24N4O5. The highest BCUT2D eigenvalue weighted by molar-refractivity contribution is 5.88. The van der Waals surface area contributed by atoms with E-state index in [1.165, 1.54) is 0 Å². The van der Waals surface area contributed by atoms with Gasteiger partial charge in [-0.2, -0.15) is 5.10 Å². The number of ether oxygens (including phenoxy) is 4. The number of hydrogen-bond acceptors (Lipinski definition) is 6. The first-order valence-electron chi connectivity index (χ1n) is 8.61. The molecule has 2 amide bonds. The molecule has 0 saturated carbocycles. The Morgan fingerprint density at radius 2 is 2.04 bits per heavy atom. The van der Waals surface area contributed by atoms with Gasteiger partial charge in [-0.05, 0) is 18.6 Å². The quantitative estimate of drug-likeness (QED) is 0.766. The third-order valence-electron chi connectivity index (χ3n) is 4.33. The molecule has 0 unspecified atom stereocenters. The molecule has 146 valence electrons. The maximum absolute atomic E-state index is 12.2. The van der Waals surface area contributed by atoms with Crippen molar-refractivity contribution in [1.29, 1.82) is 0 Å². The molecule has 1 aliphatic rings. The second-order valence-electron chi connectivity index (χ2n) is 6.03. The van der Waals surface area contributed by atoms with Crippen LogP contribution in [0, 0.1) is 0 Å². The lowest BCUT2D eigenvalue weighted by Gasteiger charge is -2.17. The Balaban J connectivity index is 1.75. The van der Waals surface area contributed by atoms with E-state index in [4.69, 9.17) is 18.9 Å². The van der Waals surface area contributed by atoms with E-state index in [1.807, 2.05) is 6.07 Å². The van der Waals surface area contributed by atoms with Gasteiger partial charge in [-0.25, -0.2) is 9.48 Å². The number of benzene rings is 1. The van der Waals surface area contributed by atoms with Crippen LogP contribution in [0.2, 0.25) is 0 Å². The minimum absolute atomic E-state index is 0.0346. The number of methoxy groups -OCH3 is 3. The Bertz CT molecular complexity index is 786. The Kier molecular flexibility index (Phi) is 6.02. The predicted molar refractivity (Wildman–Crippen MR) is 98.8 cm³/mol. The van der Waals surface area contributed by atoms with Crippen molar-refractivity contribution in [3.8, 4) is 17.2 Å². The Labute approximate surface area is 157 Å². The smallest absolute Gasteiger partial charge is 0.320 e. The standard InChI is InChI=1S/C18H24N4O5/c1-24-14-5-4-12(16(25-2)17(14)26-3)10-22-15(6-8-19-22)21-18(23)20-13-7-9-27-11-13/h4-6,8,13H,7,9-11H2,1-3H3,(H2,20,21,23)/t13-/m0/s1. The fourth-order valence-corrected chi connectivity index (χ4v) is 3.00. The maximum atomic E-state index is 12.2. The molecule has 2 N–H and O–H groups in total. The molecule has 1 aromatic heterocycles. The van der Waals surface area contributed by atoms with Crippen molar-refractivity contribution >= 4 is 11.8 Å². The first-order chi connectivity index (χ1) is 13.2. The van der Waals surface area contributed by atoms with Gasteiger partial charge in [-0.3, -0.25) is 5.32 Å². The largest absolute Gasteiger partial charge is 0.493 e. The van der Waals surface area contributed by atoms with Crippen molar-refractivity contribution < 1.29 is 23.7 Å². The first-order valence-corrected chi connectivity index (χ1v) is 8.61. The summed E-state index contributed by atoms with van der Waals surface area (Å²) in [6.45, 7) is 1.59. The molecule has 3 rings (SSSR count). The summed E-state index contributed by atoms with van der Waals surface area (Å²) in [5, 5.41) is 10.0. The van der Waals surface area contributed by atoms with Gasteiger partial charge in [-0.15, -0.1) is 0 Å². The van der Waals surface area contributed by atoms with E-state index in [0.29, 0.717) is 42.8 Å². The number of rotatable bonds is 7. The number of hydrogen-bond donors (Lipinski definition) is 2. The van der Waals surface area contributed by atoms with Gasteiger partial charge in [0.15, 0.2) is 11.5 Å². The Morgan fingerprint density at radius 1 is 1.22 bits per heavy atom. The number of amides is 2. The van der Waals surface area contributed by atoms with Crippen molar-refractivity contribution in [2.24, 2.45) is 0 Å². The van der Waals surface area contributed by atoms with Crippen LogP contribution in [0.5, 0.6) is 17.2 Å². The molecule has 1 aromatic carbocycles. The number of carbonyl (C=O) groups is 1. The number of carbonyl (C=O) groups excluding carboxylic acids is 1. The van der Waals surface area contributed by atoms with Gasteiger partial charge in [0.05, 0.1) is 46.7 Å². The molecule has 2 aromatic rings. The molecule has 1 fully saturated rings. The Morgan fingerprint density at radius 3 is 2.70 bits per heavy atom. The van der Waals surface area contributed by atoms with E-state index < -0.39 is 0 Å². The molecule has 2 heterocycles. The molecular weight excluding hydrogens is 352 g/mol. The zero-order valence-corrected chi connectivity index (χ0v) is 15.7. The second-order valence-corrected chi connectivity index (χ2v) is 6.03. The molecule has 9 nitrogen and oxygen atoms in total. The summed E-state index contributed by atoms with van der Waals surface area (Å²) in [7, 11) is 4.70. The highest BCUT2D eigenvalue weighted by atomic mass is 16.5. The minimum Gasteiger partial charge on any atom is -0.493 e. The summed E-state index contributed by atoms with van der Waals surface area (Å²) in [5.74, 6) is 2.22. The second kappa shape index (κ2) is 8.63. The van der Waals surface area contributed by atoms with Crippen LogP contribution in [0.15, 0.2) is 24.4 Å². The summed E-state index contributed by atoms with van der Waals surface area (Å²) < 4.78 is 23.2. The van der Waals surface area contributed by atoms with Gasteiger partial charge < -0.3 is 24.3 Å². The van der Waals surface area contributed by atoms with Crippen LogP contribution in [0.4, 0.5) is 10.6 Å². The molecule has 0 spiro atoms. The summed E-state index contributed by atoms with van der Waals surface area (Å²) in [6.07, 6.45) is 2.44. The molecule has 0 aliphatic carbocycles. The van der Waals surface area contributed by atoms with E-state index in [-0.39, 0.29) is 12.1 Å². The van der Waals surface area contributed by atoms with E-state index in [0.717, 1.165) is 12.0 Å². The molecule has 9 heteroatoms. The van der Waals surface area contributed by atoms with E-state index >= 15 is 0 Å². The molecule has 0 radical (unpaired) electrons. The van der Waals surface area contributed by atoms with Gasteiger partial charge in [0.25, 0.3) is 0 Å². The third kappa shape index (κ3) is 4.25. The van der Waals surface area contributed by atoms with Gasteiger partial charge in [0.1, 0.15) is 5.82 Å². The number of anilines is 1. The highest BCUT2D eigenvalue weighted by Crippen LogP contribution is 2.40. The van der Waals surface area contributed by atoms with Crippen LogP contribution >= 0.6 is 0 Å². The van der Waals surface area contributed by atoms with Gasteiger partial charge in [0.2, 0.25) is 5.75 Å². The monoisotopic (exact) mass is 376 g/mol. The molecule has 1 aliphatic heterocycles. The third-order valence-corrected chi connectivity index (χ3v) is 4.33. The van der Waals surface area contributed by atoms with Crippen molar-refractivity contribution in [3.05, 3.63) is 30.0 Å². The highest BCUT2D eigenvalue weighted by Gasteiger charge is 2.20. The van der Waals surface area contributed by atoms with Crippen molar-refractivity contribution in [1.82, 2.24) is 15.1 Å². The van der Waals surface area contributed by atoms with Crippen LogP contribution in [0.3, 0.4) is 0 Å². The predicted octanol–water partition coefficient (Wildman–Crippen LogP) is 1.87. The summed E-state index contributed by atoms with van der Waals surface area (Å²) in [5.41, 5.74) is 0.839. The zero-order valence-electron chi connectivity index (χ0n) is 15.7. The zero-order chi connectivity index (χ0) is 19.2. The summed E-state index contributed by atoms with van der Waals surface area (Å²) in [6, 6.07) is 5.17. The van der Waals surface area contributed by atoms with Crippen molar-refractivity contribution in [2.45, 2.75) is 19.0 Å².